The molecule has 0 unspecified atom stereocenters. The van der Waals surface area contributed by atoms with Gasteiger partial charge in [-0.05, 0) is 70.6 Å². The van der Waals surface area contributed by atoms with Crippen molar-refractivity contribution < 1.29 is 4.92 Å². The monoisotopic (exact) mass is 549 g/mol. The Kier molecular flexibility index (Phi) is 6.94. The summed E-state index contributed by atoms with van der Waals surface area (Å²) in [5, 5.41) is 15.3. The molecule has 0 radical (unpaired) electrons. The van der Waals surface area contributed by atoms with Crippen LogP contribution in [0.3, 0.4) is 0 Å². The topological polar surface area (TPSA) is 84.2 Å². The van der Waals surface area contributed by atoms with Gasteiger partial charge >= 0.3 is 5.69 Å². The number of anilines is 4. The highest BCUT2D eigenvalue weighted by atomic mass is 127. The number of nitrogens with zero attached hydrogens (tertiary/aromatic N) is 4. The van der Waals surface area contributed by atoms with Gasteiger partial charge < -0.3 is 10.2 Å². The lowest BCUT2D eigenvalue weighted by molar-refractivity contribution is -0.384. The summed E-state index contributed by atoms with van der Waals surface area (Å²) in [7, 11) is 1.75. The van der Waals surface area contributed by atoms with Crippen molar-refractivity contribution in [3.8, 4) is 0 Å². The van der Waals surface area contributed by atoms with Crippen LogP contribution in [0, 0.1) is 13.7 Å². The molecule has 0 amide bonds. The van der Waals surface area contributed by atoms with Gasteiger partial charge in [-0.15, -0.1) is 0 Å². The van der Waals surface area contributed by atoms with Crippen LogP contribution in [0.5, 0.6) is 0 Å². The van der Waals surface area contributed by atoms with Crippen LogP contribution >= 0.6 is 22.6 Å². The van der Waals surface area contributed by atoms with Gasteiger partial charge in [0.05, 0.1) is 4.92 Å². The Morgan fingerprint density at radius 3 is 2.18 bits per heavy atom. The molecule has 164 valence electrons. The molecular weight excluding hydrogens is 529 g/mol. The first-order valence-corrected chi connectivity index (χ1v) is 11.2. The summed E-state index contributed by atoms with van der Waals surface area (Å²) >= 11 is 2.23. The quantitative estimate of drug-likeness (QED) is 0.158. The third-order valence-electron chi connectivity index (χ3n) is 4.87. The van der Waals surface area contributed by atoms with E-state index in [2.05, 4.69) is 37.9 Å². The average molecular weight is 549 g/mol. The maximum Gasteiger partial charge on any atom is 0.337 e. The van der Waals surface area contributed by atoms with Gasteiger partial charge in [0.25, 0.3) is 0 Å². The van der Waals surface area contributed by atoms with Gasteiger partial charge in [-0.1, -0.05) is 54.6 Å². The SMILES string of the molecule is CN(c1ccccc1)c1nc(Nc2ccc(I)cc2)nc(/C=C/c2ccccc2)c1[N+](=O)[O-]. The number of para-hydroxylation sites is 1. The minimum atomic E-state index is -0.436. The molecule has 0 aliphatic heterocycles. The molecule has 1 N–H and O–H groups in total. The third-order valence-corrected chi connectivity index (χ3v) is 5.59. The van der Waals surface area contributed by atoms with Crippen molar-refractivity contribution in [2.75, 3.05) is 17.3 Å². The van der Waals surface area contributed by atoms with Crippen molar-refractivity contribution in [3.05, 3.63) is 110 Å². The predicted molar refractivity (Wildman–Crippen MR) is 141 cm³/mol. The first-order chi connectivity index (χ1) is 16.0. The van der Waals surface area contributed by atoms with E-state index in [-0.39, 0.29) is 23.1 Å². The molecule has 0 fully saturated rings. The molecule has 0 bridgehead atoms. The molecule has 33 heavy (non-hydrogen) atoms. The van der Waals surface area contributed by atoms with Crippen LogP contribution in [0.2, 0.25) is 0 Å². The molecular formula is C25H20IN5O2. The molecule has 8 heteroatoms. The maximum atomic E-state index is 12.1. The molecule has 0 saturated carbocycles. The summed E-state index contributed by atoms with van der Waals surface area (Å²) in [5.74, 6) is 0.467. The molecule has 3 aromatic carbocycles. The lowest BCUT2D eigenvalue weighted by Gasteiger charge is -2.19. The fourth-order valence-corrected chi connectivity index (χ4v) is 3.58. The van der Waals surface area contributed by atoms with Gasteiger partial charge in [0.2, 0.25) is 11.8 Å². The Morgan fingerprint density at radius 2 is 1.55 bits per heavy atom. The van der Waals surface area contributed by atoms with Gasteiger partial charge in [-0.2, -0.15) is 4.98 Å². The summed E-state index contributed by atoms with van der Waals surface area (Å²) in [5.41, 5.74) is 2.52. The Hall–Kier alpha value is -3.79. The number of aromatic nitrogens is 2. The Morgan fingerprint density at radius 1 is 0.909 bits per heavy atom. The molecule has 4 rings (SSSR count). The lowest BCUT2D eigenvalue weighted by atomic mass is 10.2. The second-order valence-electron chi connectivity index (χ2n) is 7.13. The molecule has 0 atom stereocenters. The van der Waals surface area contributed by atoms with Crippen molar-refractivity contribution in [2.24, 2.45) is 0 Å². The number of nitrogens with one attached hydrogen (secondary N) is 1. The molecule has 0 saturated heterocycles. The Labute approximate surface area is 205 Å². The fraction of sp³-hybridized carbons (Fsp3) is 0.0400. The van der Waals surface area contributed by atoms with Crippen molar-refractivity contribution in [1.29, 1.82) is 0 Å². The molecule has 0 aliphatic rings. The van der Waals surface area contributed by atoms with Gasteiger partial charge in [0, 0.05) is 22.0 Å². The predicted octanol–water partition coefficient (Wildman–Crippen LogP) is 6.67. The van der Waals surface area contributed by atoms with Crippen LogP contribution in [0.1, 0.15) is 11.3 Å². The van der Waals surface area contributed by atoms with Crippen LogP contribution in [0.25, 0.3) is 12.2 Å². The lowest BCUT2D eigenvalue weighted by Crippen LogP contribution is -2.16. The molecule has 4 aromatic rings. The summed E-state index contributed by atoms with van der Waals surface area (Å²) in [6.45, 7) is 0. The highest BCUT2D eigenvalue weighted by Gasteiger charge is 2.27. The first kappa shape index (κ1) is 22.4. The van der Waals surface area contributed by atoms with E-state index < -0.39 is 4.92 Å². The van der Waals surface area contributed by atoms with E-state index in [1.807, 2.05) is 84.9 Å². The average Bonchev–Trinajstić information content (AvgIpc) is 2.84. The Bertz CT molecular complexity index is 1280. The van der Waals surface area contributed by atoms with E-state index in [1.54, 1.807) is 24.1 Å². The van der Waals surface area contributed by atoms with Crippen molar-refractivity contribution in [2.45, 2.75) is 0 Å². The largest absolute Gasteiger partial charge is 0.337 e. The first-order valence-electron chi connectivity index (χ1n) is 10.1. The fourth-order valence-electron chi connectivity index (χ4n) is 3.22. The second-order valence-corrected chi connectivity index (χ2v) is 8.38. The van der Waals surface area contributed by atoms with E-state index in [0.29, 0.717) is 0 Å². The zero-order valence-electron chi connectivity index (χ0n) is 17.7. The minimum absolute atomic E-state index is 0.165. The number of nitro groups is 1. The molecule has 1 heterocycles. The number of benzene rings is 3. The van der Waals surface area contributed by atoms with Crippen LogP contribution in [0.4, 0.5) is 28.8 Å². The van der Waals surface area contributed by atoms with Gasteiger partial charge in [0.1, 0.15) is 5.69 Å². The summed E-state index contributed by atoms with van der Waals surface area (Å²) in [4.78, 5) is 22.4. The highest BCUT2D eigenvalue weighted by Crippen LogP contribution is 2.35. The summed E-state index contributed by atoms with van der Waals surface area (Å²) in [6, 6.07) is 26.7. The molecule has 0 spiro atoms. The summed E-state index contributed by atoms with van der Waals surface area (Å²) in [6.07, 6.45) is 3.45. The van der Waals surface area contributed by atoms with E-state index >= 15 is 0 Å². The van der Waals surface area contributed by atoms with Gasteiger partial charge in [0.15, 0.2) is 0 Å². The highest BCUT2D eigenvalue weighted by molar-refractivity contribution is 14.1. The van der Waals surface area contributed by atoms with E-state index in [9.17, 15) is 10.1 Å². The van der Waals surface area contributed by atoms with Gasteiger partial charge in [-0.3, -0.25) is 10.1 Å². The zero-order chi connectivity index (χ0) is 23.2. The van der Waals surface area contributed by atoms with Crippen LogP contribution < -0.4 is 10.2 Å². The molecule has 0 aliphatic carbocycles. The standard InChI is InChI=1S/C25H20IN5O2/c1-30(21-10-6-3-7-11-21)24-23(31(32)33)22(17-12-18-8-4-2-5-9-18)28-25(29-24)27-20-15-13-19(26)14-16-20/h2-17H,1H3,(H,27,28,29)/b17-12+. The number of halogens is 1. The van der Waals surface area contributed by atoms with Crippen LogP contribution in [-0.2, 0) is 0 Å². The second kappa shape index (κ2) is 10.2. The summed E-state index contributed by atoms with van der Waals surface area (Å²) < 4.78 is 1.10. The zero-order valence-corrected chi connectivity index (χ0v) is 19.9. The van der Waals surface area contributed by atoms with E-state index in [0.717, 1.165) is 20.5 Å². The van der Waals surface area contributed by atoms with Crippen LogP contribution in [-0.4, -0.2) is 21.9 Å². The number of hydrogen-bond donors (Lipinski definition) is 1. The smallest absolute Gasteiger partial charge is 0.324 e. The minimum Gasteiger partial charge on any atom is -0.324 e. The Balaban J connectivity index is 1.84. The van der Waals surface area contributed by atoms with E-state index in [1.165, 1.54) is 0 Å². The van der Waals surface area contributed by atoms with E-state index in [4.69, 9.17) is 0 Å². The van der Waals surface area contributed by atoms with Crippen LogP contribution in [0.15, 0.2) is 84.9 Å². The van der Waals surface area contributed by atoms with Crippen molar-refractivity contribution in [1.82, 2.24) is 9.97 Å². The van der Waals surface area contributed by atoms with Gasteiger partial charge in [-0.25, -0.2) is 4.98 Å². The molecule has 1 aromatic heterocycles. The van der Waals surface area contributed by atoms with Crippen molar-refractivity contribution >= 4 is 63.6 Å². The number of hydrogen-bond acceptors (Lipinski definition) is 6. The number of rotatable bonds is 7. The third kappa shape index (κ3) is 5.53. The van der Waals surface area contributed by atoms with Crippen molar-refractivity contribution in [3.63, 3.8) is 0 Å². The normalized spacial score (nSPS) is 10.8. The maximum absolute atomic E-state index is 12.1. The molecule has 7 nitrogen and oxygen atoms in total.